The minimum Gasteiger partial charge on any atom is -0.447 e. The molecule has 1 aliphatic rings. The Hall–Kier alpha value is -2.04. The van der Waals surface area contributed by atoms with Gasteiger partial charge in [-0.1, -0.05) is 30.3 Å². The van der Waals surface area contributed by atoms with Crippen LogP contribution in [-0.4, -0.2) is 36.6 Å². The zero-order chi connectivity index (χ0) is 12.3. The van der Waals surface area contributed by atoms with Crippen LogP contribution in [0.2, 0.25) is 0 Å². The maximum absolute atomic E-state index is 11.9. The molecule has 0 aliphatic carbocycles. The summed E-state index contributed by atoms with van der Waals surface area (Å²) in [5.74, 6) is -0.139. The van der Waals surface area contributed by atoms with Gasteiger partial charge in [-0.05, 0) is 5.56 Å². The Morgan fingerprint density at radius 2 is 2.18 bits per heavy atom. The number of carbonyl (C=O) groups is 2. The van der Waals surface area contributed by atoms with Crippen LogP contribution in [0.3, 0.4) is 0 Å². The maximum atomic E-state index is 11.9. The molecule has 2 amide bonds. The molecule has 0 saturated carbocycles. The minimum atomic E-state index is -0.559. The van der Waals surface area contributed by atoms with Gasteiger partial charge in [-0.15, -0.1) is 0 Å². The smallest absolute Gasteiger partial charge is 0.407 e. The molecule has 1 saturated heterocycles. The van der Waals surface area contributed by atoms with Gasteiger partial charge < -0.3 is 15.0 Å². The average molecular weight is 234 g/mol. The topological polar surface area (TPSA) is 58.6 Å². The second kappa shape index (κ2) is 4.86. The van der Waals surface area contributed by atoms with E-state index in [2.05, 4.69) is 10.1 Å². The Morgan fingerprint density at radius 3 is 2.76 bits per heavy atom. The van der Waals surface area contributed by atoms with Gasteiger partial charge in [-0.25, -0.2) is 4.79 Å². The third-order valence-corrected chi connectivity index (χ3v) is 2.61. The fourth-order valence-corrected chi connectivity index (χ4v) is 1.72. The Balaban J connectivity index is 1.94. The van der Waals surface area contributed by atoms with Crippen LogP contribution in [0.4, 0.5) is 4.79 Å². The normalized spacial score (nSPS) is 18.4. The van der Waals surface area contributed by atoms with Gasteiger partial charge in [0, 0.05) is 13.6 Å². The first-order chi connectivity index (χ1) is 8.16. The largest absolute Gasteiger partial charge is 0.447 e. The summed E-state index contributed by atoms with van der Waals surface area (Å²) < 4.78 is 4.69. The lowest BCUT2D eigenvalue weighted by atomic mass is 10.2. The van der Waals surface area contributed by atoms with Crippen LogP contribution in [-0.2, 0) is 16.1 Å². The predicted molar refractivity (Wildman–Crippen MR) is 61.2 cm³/mol. The van der Waals surface area contributed by atoms with Crippen LogP contribution in [0.5, 0.6) is 0 Å². The first-order valence-electron chi connectivity index (χ1n) is 5.39. The van der Waals surface area contributed by atoms with E-state index in [1.807, 2.05) is 30.3 Å². The van der Waals surface area contributed by atoms with E-state index in [9.17, 15) is 9.59 Å². The summed E-state index contributed by atoms with van der Waals surface area (Å²) >= 11 is 0. The summed E-state index contributed by atoms with van der Waals surface area (Å²) in [5.41, 5.74) is 1.05. The molecule has 0 spiro atoms. The van der Waals surface area contributed by atoms with Gasteiger partial charge in [0.15, 0.2) is 0 Å². The number of hydrogen-bond acceptors (Lipinski definition) is 3. The van der Waals surface area contributed by atoms with Crippen molar-refractivity contribution in [1.29, 1.82) is 0 Å². The predicted octanol–water partition coefficient (Wildman–Crippen LogP) is 0.753. The van der Waals surface area contributed by atoms with Gasteiger partial charge >= 0.3 is 6.09 Å². The van der Waals surface area contributed by atoms with Crippen molar-refractivity contribution >= 4 is 12.0 Å². The zero-order valence-electron chi connectivity index (χ0n) is 9.55. The Morgan fingerprint density at radius 1 is 1.47 bits per heavy atom. The molecule has 1 fully saturated rings. The van der Waals surface area contributed by atoms with E-state index in [4.69, 9.17) is 0 Å². The number of nitrogens with zero attached hydrogens (tertiary/aromatic N) is 1. The molecular weight excluding hydrogens is 220 g/mol. The molecule has 1 aliphatic heterocycles. The number of cyclic esters (lactones) is 1. The van der Waals surface area contributed by atoms with Gasteiger partial charge in [0.1, 0.15) is 12.6 Å². The van der Waals surface area contributed by atoms with Crippen molar-refractivity contribution in [3.8, 4) is 0 Å². The van der Waals surface area contributed by atoms with E-state index < -0.39 is 12.1 Å². The molecule has 5 nitrogen and oxygen atoms in total. The van der Waals surface area contributed by atoms with Crippen molar-refractivity contribution in [3.63, 3.8) is 0 Å². The number of carbonyl (C=O) groups excluding carboxylic acids is 2. The number of amides is 2. The summed E-state index contributed by atoms with van der Waals surface area (Å²) in [6, 6.07) is 9.12. The van der Waals surface area contributed by atoms with Gasteiger partial charge in [-0.2, -0.15) is 0 Å². The van der Waals surface area contributed by atoms with E-state index in [1.165, 1.54) is 0 Å². The van der Waals surface area contributed by atoms with Gasteiger partial charge in [0.05, 0.1) is 0 Å². The van der Waals surface area contributed by atoms with E-state index in [0.717, 1.165) is 5.56 Å². The first-order valence-corrected chi connectivity index (χ1v) is 5.39. The lowest BCUT2D eigenvalue weighted by molar-refractivity contribution is -0.132. The highest BCUT2D eigenvalue weighted by atomic mass is 16.6. The Labute approximate surface area is 99.4 Å². The van der Waals surface area contributed by atoms with Crippen molar-refractivity contribution in [1.82, 2.24) is 10.2 Å². The van der Waals surface area contributed by atoms with Crippen LogP contribution < -0.4 is 5.32 Å². The molecule has 90 valence electrons. The highest BCUT2D eigenvalue weighted by molar-refractivity contribution is 5.87. The lowest BCUT2D eigenvalue weighted by Crippen LogP contribution is -2.43. The van der Waals surface area contributed by atoms with Crippen LogP contribution in [0.25, 0.3) is 0 Å². The Bertz CT molecular complexity index is 419. The molecule has 1 aromatic carbocycles. The summed E-state index contributed by atoms with van der Waals surface area (Å²) in [6.07, 6.45) is -0.531. The average Bonchev–Trinajstić information content (AvgIpc) is 2.76. The highest BCUT2D eigenvalue weighted by Crippen LogP contribution is 2.06. The third kappa shape index (κ3) is 2.75. The van der Waals surface area contributed by atoms with Crippen molar-refractivity contribution in [2.24, 2.45) is 0 Å². The van der Waals surface area contributed by atoms with Crippen LogP contribution in [0, 0.1) is 0 Å². The molecule has 1 atom stereocenters. The molecule has 0 bridgehead atoms. The number of ether oxygens (including phenoxy) is 1. The molecule has 1 heterocycles. The van der Waals surface area contributed by atoms with Crippen molar-refractivity contribution < 1.29 is 14.3 Å². The number of rotatable bonds is 3. The van der Waals surface area contributed by atoms with Crippen molar-refractivity contribution in [2.45, 2.75) is 12.6 Å². The zero-order valence-corrected chi connectivity index (χ0v) is 9.55. The number of hydrogen-bond donors (Lipinski definition) is 1. The molecule has 17 heavy (non-hydrogen) atoms. The molecular formula is C12H14N2O3. The lowest BCUT2D eigenvalue weighted by Gasteiger charge is -2.19. The Kier molecular flexibility index (Phi) is 3.27. The fraction of sp³-hybridized carbons (Fsp3) is 0.333. The summed E-state index contributed by atoms with van der Waals surface area (Å²) in [5, 5.41) is 2.47. The SMILES string of the molecule is CN(Cc1ccccc1)C(=O)C1COC(=O)N1. The fourth-order valence-electron chi connectivity index (χ4n) is 1.72. The van der Waals surface area contributed by atoms with E-state index in [0.29, 0.717) is 6.54 Å². The number of nitrogens with one attached hydrogen (secondary N) is 1. The quantitative estimate of drug-likeness (QED) is 0.839. The van der Waals surface area contributed by atoms with Gasteiger partial charge in [0.2, 0.25) is 5.91 Å². The molecule has 0 aromatic heterocycles. The monoisotopic (exact) mass is 234 g/mol. The van der Waals surface area contributed by atoms with Crippen LogP contribution in [0.1, 0.15) is 5.56 Å². The molecule has 1 aromatic rings. The second-order valence-electron chi connectivity index (χ2n) is 3.98. The van der Waals surface area contributed by atoms with Crippen LogP contribution >= 0.6 is 0 Å². The number of alkyl carbamates (subject to hydrolysis) is 1. The highest BCUT2D eigenvalue weighted by Gasteiger charge is 2.30. The minimum absolute atomic E-state index is 0.108. The number of likely N-dealkylation sites (N-methyl/N-ethyl adjacent to an activating group) is 1. The van der Waals surface area contributed by atoms with Gasteiger partial charge in [-0.3, -0.25) is 4.79 Å². The van der Waals surface area contributed by atoms with Crippen molar-refractivity contribution in [3.05, 3.63) is 35.9 Å². The third-order valence-electron chi connectivity index (χ3n) is 2.61. The molecule has 2 rings (SSSR count). The second-order valence-corrected chi connectivity index (χ2v) is 3.98. The van der Waals surface area contributed by atoms with Crippen LogP contribution in [0.15, 0.2) is 30.3 Å². The standard InChI is InChI=1S/C12H14N2O3/c1-14(7-9-5-3-2-4-6-9)11(15)10-8-17-12(16)13-10/h2-6,10H,7-8H2,1H3,(H,13,16). The van der Waals surface area contributed by atoms with Gasteiger partial charge in [0.25, 0.3) is 0 Å². The van der Waals surface area contributed by atoms with E-state index in [-0.39, 0.29) is 12.5 Å². The maximum Gasteiger partial charge on any atom is 0.407 e. The first kappa shape index (κ1) is 11.4. The summed E-state index contributed by atoms with van der Waals surface area (Å²) in [6.45, 7) is 0.628. The number of benzene rings is 1. The van der Waals surface area contributed by atoms with E-state index >= 15 is 0 Å². The summed E-state index contributed by atoms with van der Waals surface area (Å²) in [7, 11) is 1.71. The molecule has 5 heteroatoms. The van der Waals surface area contributed by atoms with Crippen molar-refractivity contribution in [2.75, 3.05) is 13.7 Å². The summed E-state index contributed by atoms with van der Waals surface area (Å²) in [4.78, 5) is 24.3. The van der Waals surface area contributed by atoms with E-state index in [1.54, 1.807) is 11.9 Å². The molecule has 0 radical (unpaired) electrons. The molecule has 1 N–H and O–H groups in total. The molecule has 1 unspecified atom stereocenters.